The summed E-state index contributed by atoms with van der Waals surface area (Å²) < 4.78 is 27.4. The van der Waals surface area contributed by atoms with Crippen LogP contribution in [0.2, 0.25) is 0 Å². The minimum absolute atomic E-state index is 0.251. The van der Waals surface area contributed by atoms with Crippen LogP contribution in [-0.2, 0) is 16.6 Å². The molecule has 1 aliphatic rings. The molecule has 3 rings (SSSR count). The van der Waals surface area contributed by atoms with Gasteiger partial charge in [-0.15, -0.1) is 0 Å². The number of rotatable bonds is 4. The van der Waals surface area contributed by atoms with Crippen LogP contribution < -0.4 is 0 Å². The van der Waals surface area contributed by atoms with Gasteiger partial charge >= 0.3 is 0 Å². The third-order valence-electron chi connectivity index (χ3n) is 3.93. The van der Waals surface area contributed by atoms with Gasteiger partial charge in [-0.1, -0.05) is 0 Å². The second-order valence-corrected chi connectivity index (χ2v) is 7.29. The molecule has 2 aromatic rings. The van der Waals surface area contributed by atoms with Crippen LogP contribution in [0, 0.1) is 0 Å². The predicted molar refractivity (Wildman–Crippen MR) is 82.5 cm³/mol. The van der Waals surface area contributed by atoms with Gasteiger partial charge in [0.1, 0.15) is 5.69 Å². The molecule has 0 spiro atoms. The highest BCUT2D eigenvalue weighted by molar-refractivity contribution is 7.88. The first-order valence-corrected chi connectivity index (χ1v) is 9.17. The molecule has 0 amide bonds. The summed E-state index contributed by atoms with van der Waals surface area (Å²) in [7, 11) is -3.26. The molecule has 0 N–H and O–H groups in total. The van der Waals surface area contributed by atoms with Gasteiger partial charge in [0.15, 0.2) is 0 Å². The van der Waals surface area contributed by atoms with E-state index in [0.29, 0.717) is 17.9 Å². The Morgan fingerprint density at radius 3 is 2.77 bits per heavy atom. The minimum Gasteiger partial charge on any atom is -0.264 e. The third-order valence-corrected chi connectivity index (χ3v) is 5.22. The van der Waals surface area contributed by atoms with Crippen molar-refractivity contribution in [3.05, 3.63) is 30.4 Å². The zero-order valence-corrected chi connectivity index (χ0v) is 13.5. The number of aryl methyl sites for hydroxylation is 1. The Morgan fingerprint density at radius 2 is 2.05 bits per heavy atom. The van der Waals surface area contributed by atoms with Crippen LogP contribution in [0.5, 0.6) is 0 Å². The maximum Gasteiger partial charge on any atom is 0.211 e. The first-order chi connectivity index (χ1) is 10.5. The second-order valence-electron chi connectivity index (χ2n) is 5.35. The third kappa shape index (κ3) is 2.64. The summed E-state index contributed by atoms with van der Waals surface area (Å²) in [5.41, 5.74) is 2.29. The summed E-state index contributed by atoms with van der Waals surface area (Å²) in [6.07, 6.45) is 7.81. The molecule has 118 valence electrons. The number of sulfonamides is 1. The fraction of sp³-hybridized carbons (Fsp3) is 0.500. The van der Waals surface area contributed by atoms with Gasteiger partial charge in [-0.3, -0.25) is 14.6 Å². The van der Waals surface area contributed by atoms with Gasteiger partial charge in [-0.2, -0.15) is 9.40 Å². The van der Waals surface area contributed by atoms with E-state index in [0.717, 1.165) is 25.1 Å². The first kappa shape index (κ1) is 15.1. The lowest BCUT2D eigenvalue weighted by Gasteiger charge is -2.23. The van der Waals surface area contributed by atoms with Crippen LogP contribution in [0.3, 0.4) is 0 Å². The summed E-state index contributed by atoms with van der Waals surface area (Å²) in [6.45, 7) is 3.26. The van der Waals surface area contributed by atoms with E-state index in [1.807, 2.05) is 17.7 Å². The molecule has 22 heavy (non-hydrogen) atoms. The van der Waals surface area contributed by atoms with E-state index in [9.17, 15) is 8.42 Å². The van der Waals surface area contributed by atoms with Crippen molar-refractivity contribution in [1.82, 2.24) is 24.1 Å². The molecule has 7 nitrogen and oxygen atoms in total. The Balaban J connectivity index is 2.09. The van der Waals surface area contributed by atoms with Crippen molar-refractivity contribution < 1.29 is 8.42 Å². The van der Waals surface area contributed by atoms with E-state index >= 15 is 0 Å². The summed E-state index contributed by atoms with van der Waals surface area (Å²) >= 11 is 0. The fourth-order valence-corrected chi connectivity index (χ4v) is 4.11. The molecule has 0 radical (unpaired) electrons. The second kappa shape index (κ2) is 5.77. The summed E-state index contributed by atoms with van der Waals surface area (Å²) in [6, 6.07) is 1.63. The van der Waals surface area contributed by atoms with Crippen LogP contribution in [0.4, 0.5) is 0 Å². The number of aromatic nitrogens is 4. The lowest BCUT2D eigenvalue weighted by Crippen LogP contribution is -2.30. The van der Waals surface area contributed by atoms with Crippen molar-refractivity contribution >= 4 is 10.0 Å². The highest BCUT2D eigenvalue weighted by Crippen LogP contribution is 2.36. The lowest BCUT2D eigenvalue weighted by molar-refractivity contribution is 0.394. The zero-order chi connectivity index (χ0) is 15.7. The van der Waals surface area contributed by atoms with Gasteiger partial charge in [0.05, 0.1) is 23.7 Å². The van der Waals surface area contributed by atoms with E-state index in [-0.39, 0.29) is 6.04 Å². The van der Waals surface area contributed by atoms with Crippen LogP contribution in [0.1, 0.15) is 31.5 Å². The van der Waals surface area contributed by atoms with E-state index in [1.54, 1.807) is 18.6 Å². The largest absolute Gasteiger partial charge is 0.264 e. The van der Waals surface area contributed by atoms with Gasteiger partial charge < -0.3 is 0 Å². The monoisotopic (exact) mass is 321 g/mol. The Hall–Kier alpha value is -1.80. The molecule has 0 saturated carbocycles. The normalized spacial score (nSPS) is 19.6. The molecule has 0 aliphatic carbocycles. The maximum absolute atomic E-state index is 12.0. The van der Waals surface area contributed by atoms with Crippen molar-refractivity contribution in [2.45, 2.75) is 32.4 Å². The van der Waals surface area contributed by atoms with Gasteiger partial charge in [-0.25, -0.2) is 8.42 Å². The molecule has 0 bridgehead atoms. The molecule has 1 fully saturated rings. The van der Waals surface area contributed by atoms with Crippen molar-refractivity contribution in [1.29, 1.82) is 0 Å². The molecular formula is C14H19N5O2S. The van der Waals surface area contributed by atoms with Crippen LogP contribution >= 0.6 is 0 Å². The smallest absolute Gasteiger partial charge is 0.211 e. The number of hydrogen-bond donors (Lipinski definition) is 0. The molecule has 2 aromatic heterocycles. The highest BCUT2D eigenvalue weighted by atomic mass is 32.2. The van der Waals surface area contributed by atoms with Gasteiger partial charge in [0.25, 0.3) is 0 Å². The van der Waals surface area contributed by atoms with Crippen molar-refractivity contribution in [3.63, 3.8) is 0 Å². The number of nitrogens with zero attached hydrogens (tertiary/aromatic N) is 5. The molecule has 1 atom stereocenters. The summed E-state index contributed by atoms with van der Waals surface area (Å²) in [5, 5.41) is 4.26. The number of hydrogen-bond acceptors (Lipinski definition) is 5. The highest BCUT2D eigenvalue weighted by Gasteiger charge is 2.35. The molecule has 1 saturated heterocycles. The van der Waals surface area contributed by atoms with Crippen LogP contribution in [0.15, 0.2) is 24.7 Å². The van der Waals surface area contributed by atoms with Gasteiger partial charge in [0, 0.05) is 31.7 Å². The summed E-state index contributed by atoms with van der Waals surface area (Å²) in [4.78, 5) is 8.89. The van der Waals surface area contributed by atoms with Crippen molar-refractivity contribution in [2.24, 2.45) is 0 Å². The zero-order valence-electron chi connectivity index (χ0n) is 12.7. The SMILES string of the molecule is CCn1nccc1-c1nccnc1[C@H]1CCCN1S(C)(=O)=O. The molecule has 3 heterocycles. The Bertz CT molecular complexity index is 771. The average Bonchev–Trinajstić information content (AvgIpc) is 3.15. The lowest BCUT2D eigenvalue weighted by atomic mass is 10.1. The predicted octanol–water partition coefficient (Wildman–Crippen LogP) is 1.46. The Labute approximate surface area is 130 Å². The van der Waals surface area contributed by atoms with Gasteiger partial charge in [0.2, 0.25) is 10.0 Å². The molecule has 0 aromatic carbocycles. The Kier molecular flexibility index (Phi) is 3.96. The van der Waals surface area contributed by atoms with Crippen LogP contribution in [-0.4, -0.2) is 45.3 Å². The molecule has 1 aliphatic heterocycles. The maximum atomic E-state index is 12.0. The van der Waals surface area contributed by atoms with Crippen molar-refractivity contribution in [2.75, 3.05) is 12.8 Å². The van der Waals surface area contributed by atoms with E-state index < -0.39 is 10.0 Å². The fourth-order valence-electron chi connectivity index (χ4n) is 2.99. The Morgan fingerprint density at radius 1 is 1.27 bits per heavy atom. The van der Waals surface area contributed by atoms with E-state index in [1.165, 1.54) is 10.6 Å². The van der Waals surface area contributed by atoms with Gasteiger partial charge in [-0.05, 0) is 25.8 Å². The molecule has 0 unspecified atom stereocenters. The van der Waals surface area contributed by atoms with E-state index in [2.05, 4.69) is 15.1 Å². The van der Waals surface area contributed by atoms with Crippen molar-refractivity contribution in [3.8, 4) is 11.4 Å². The first-order valence-electron chi connectivity index (χ1n) is 7.32. The average molecular weight is 321 g/mol. The standard InChI is InChI=1S/C14H19N5O2S/c1-3-18-11(6-7-17-18)13-14(16-9-8-15-13)12-5-4-10-19(12)22(2,20)21/h6-9,12H,3-5,10H2,1-2H3/t12-/m1/s1. The van der Waals surface area contributed by atoms with E-state index in [4.69, 9.17) is 0 Å². The summed E-state index contributed by atoms with van der Waals surface area (Å²) in [5.74, 6) is 0. The topological polar surface area (TPSA) is 81.0 Å². The molecular weight excluding hydrogens is 302 g/mol. The quantitative estimate of drug-likeness (QED) is 0.851. The molecule has 8 heteroatoms. The minimum atomic E-state index is -3.26. The van der Waals surface area contributed by atoms with Crippen LogP contribution in [0.25, 0.3) is 11.4 Å².